The highest BCUT2D eigenvalue weighted by Crippen LogP contribution is 2.34. The van der Waals surface area contributed by atoms with Crippen LogP contribution in [0.5, 0.6) is 0 Å². The van der Waals surface area contributed by atoms with Crippen molar-refractivity contribution in [1.29, 1.82) is 0 Å². The number of hydrogen-bond donors (Lipinski definition) is 0. The van der Waals surface area contributed by atoms with Crippen molar-refractivity contribution in [2.45, 2.75) is 10.6 Å². The first-order valence-corrected chi connectivity index (χ1v) is 10.9. The van der Waals surface area contributed by atoms with E-state index in [0.717, 1.165) is 22.0 Å². The lowest BCUT2D eigenvalue weighted by atomic mass is 10.2. The number of furan rings is 1. The van der Waals surface area contributed by atoms with Gasteiger partial charge in [-0.1, -0.05) is 6.58 Å². The second-order valence-corrected chi connectivity index (χ2v) is 8.15. The highest BCUT2D eigenvalue weighted by atomic mass is 32.2. The number of hydrogen-bond acceptors (Lipinski definition) is 5. The van der Waals surface area contributed by atoms with Crippen molar-refractivity contribution in [2.24, 2.45) is 0 Å². The summed E-state index contributed by atoms with van der Waals surface area (Å²) in [5.74, 6) is 1.06. The highest BCUT2D eigenvalue weighted by Gasteiger charge is 2.19. The van der Waals surface area contributed by atoms with Crippen molar-refractivity contribution in [3.8, 4) is 11.3 Å². The van der Waals surface area contributed by atoms with E-state index in [2.05, 4.69) is 11.6 Å². The molecule has 0 spiro atoms. The molecule has 0 saturated carbocycles. The van der Waals surface area contributed by atoms with Crippen LogP contribution < -0.4 is 4.90 Å². The van der Waals surface area contributed by atoms with Gasteiger partial charge in [-0.15, -0.1) is 23.1 Å². The summed E-state index contributed by atoms with van der Waals surface area (Å²) in [6.07, 6.45) is 2.92. The minimum absolute atomic E-state index is 0.272. The Kier molecular flexibility index (Phi) is 6.11. The fourth-order valence-corrected chi connectivity index (χ4v) is 4.44. The minimum atomic E-state index is -0.303. The van der Waals surface area contributed by atoms with Crippen LogP contribution in [0.2, 0.25) is 0 Å². The summed E-state index contributed by atoms with van der Waals surface area (Å²) in [6, 6.07) is 17.6. The van der Waals surface area contributed by atoms with E-state index in [1.54, 1.807) is 30.2 Å². The van der Waals surface area contributed by atoms with Crippen molar-refractivity contribution in [3.05, 3.63) is 96.5 Å². The normalized spacial score (nSPS) is 10.7. The van der Waals surface area contributed by atoms with Crippen molar-refractivity contribution in [2.75, 3.05) is 4.90 Å². The van der Waals surface area contributed by atoms with Gasteiger partial charge >= 0.3 is 0 Å². The fraction of sp³-hybridized carbons (Fsp3) is 0.0435. The number of halogens is 1. The average molecular weight is 437 g/mol. The van der Waals surface area contributed by atoms with Crippen molar-refractivity contribution in [1.82, 2.24) is 4.98 Å². The average Bonchev–Trinajstić information content (AvgIpc) is 3.46. The third-order valence-electron chi connectivity index (χ3n) is 4.27. The number of carbonyl (C=O) groups excluding carboxylic acids is 1. The van der Waals surface area contributed by atoms with Gasteiger partial charge < -0.3 is 4.42 Å². The van der Waals surface area contributed by atoms with Crippen LogP contribution in [0.25, 0.3) is 11.3 Å². The topological polar surface area (TPSA) is 46.3 Å². The maximum absolute atomic E-state index is 13.2. The molecule has 1 amide bonds. The first-order valence-electron chi connectivity index (χ1n) is 9.07. The lowest BCUT2D eigenvalue weighted by Gasteiger charge is -2.18. The van der Waals surface area contributed by atoms with Crippen LogP contribution in [0.3, 0.4) is 0 Å². The smallest absolute Gasteiger partial charge is 0.256 e. The summed E-state index contributed by atoms with van der Waals surface area (Å²) in [5.41, 5.74) is 2.17. The van der Waals surface area contributed by atoms with Gasteiger partial charge in [0, 0.05) is 15.8 Å². The van der Waals surface area contributed by atoms with E-state index in [-0.39, 0.29) is 11.7 Å². The number of thiazole rings is 1. The summed E-state index contributed by atoms with van der Waals surface area (Å²) in [5, 5.41) is 2.37. The van der Waals surface area contributed by atoms with E-state index in [4.69, 9.17) is 4.42 Å². The first-order chi connectivity index (χ1) is 14.6. The molecular weight excluding hydrogens is 419 g/mol. The Labute approximate surface area is 181 Å². The van der Waals surface area contributed by atoms with Crippen molar-refractivity contribution >= 4 is 39.8 Å². The minimum Gasteiger partial charge on any atom is -0.468 e. The molecule has 0 saturated heterocycles. The Morgan fingerprint density at radius 3 is 2.60 bits per heavy atom. The number of anilines is 2. The number of amides is 1. The molecule has 0 fully saturated rings. The predicted molar refractivity (Wildman–Crippen MR) is 120 cm³/mol. The molecule has 4 aromatic rings. The zero-order valence-electron chi connectivity index (χ0n) is 15.8. The molecule has 0 aliphatic carbocycles. The summed E-state index contributed by atoms with van der Waals surface area (Å²) >= 11 is 2.99. The molecule has 4 rings (SSSR count). The summed E-state index contributed by atoms with van der Waals surface area (Å²) in [7, 11) is 0. The predicted octanol–water partition coefficient (Wildman–Crippen LogP) is 6.69. The molecular formula is C23H17FN2O2S2. The number of benzene rings is 2. The van der Waals surface area contributed by atoms with Crippen LogP contribution in [-0.4, -0.2) is 10.9 Å². The third kappa shape index (κ3) is 4.53. The molecule has 150 valence electrons. The number of thioether (sulfide) groups is 1. The van der Waals surface area contributed by atoms with Crippen LogP contribution in [0, 0.1) is 5.82 Å². The van der Waals surface area contributed by atoms with Crippen molar-refractivity contribution < 1.29 is 13.6 Å². The van der Waals surface area contributed by atoms with Gasteiger partial charge in [0.15, 0.2) is 5.13 Å². The largest absolute Gasteiger partial charge is 0.468 e. The van der Waals surface area contributed by atoms with Crippen LogP contribution in [0.1, 0.15) is 5.76 Å². The van der Waals surface area contributed by atoms with Gasteiger partial charge in [0.05, 0.1) is 23.4 Å². The fourth-order valence-electron chi connectivity index (χ4n) is 2.78. The van der Waals surface area contributed by atoms with E-state index in [0.29, 0.717) is 16.5 Å². The maximum Gasteiger partial charge on any atom is 0.256 e. The molecule has 0 bridgehead atoms. The van der Waals surface area contributed by atoms with E-state index in [9.17, 15) is 9.18 Å². The molecule has 0 aliphatic heterocycles. The van der Waals surface area contributed by atoms with Gasteiger partial charge in [-0.05, 0) is 66.7 Å². The van der Waals surface area contributed by atoms with Crippen LogP contribution in [0.4, 0.5) is 15.2 Å². The Hall–Kier alpha value is -3.16. The standard InChI is InChI=1S/C23H17FN2O2S2/c1-2-22(27)26(23-25-21(15-30-23)16-5-7-17(24)8-6-16)18-9-11-20(12-10-18)29-14-19-4-3-13-28-19/h2-13,15H,1,14H2. The molecule has 0 N–H and O–H groups in total. The van der Waals surface area contributed by atoms with Crippen LogP contribution in [-0.2, 0) is 10.5 Å². The SMILES string of the molecule is C=CC(=O)N(c1ccc(SCc2ccco2)cc1)c1nc(-c2ccc(F)cc2)cs1. The molecule has 2 aromatic heterocycles. The molecule has 2 aromatic carbocycles. The maximum atomic E-state index is 13.2. The quantitative estimate of drug-likeness (QED) is 0.239. The summed E-state index contributed by atoms with van der Waals surface area (Å²) in [4.78, 5) is 19.7. The number of rotatable bonds is 7. The van der Waals surface area contributed by atoms with Gasteiger partial charge in [0.25, 0.3) is 5.91 Å². The van der Waals surface area contributed by atoms with E-state index in [1.165, 1.54) is 34.4 Å². The van der Waals surface area contributed by atoms with E-state index >= 15 is 0 Å². The molecule has 30 heavy (non-hydrogen) atoms. The van der Waals surface area contributed by atoms with E-state index in [1.807, 2.05) is 41.8 Å². The molecule has 0 unspecified atom stereocenters. The molecule has 2 heterocycles. The van der Waals surface area contributed by atoms with E-state index < -0.39 is 0 Å². The number of aromatic nitrogens is 1. The molecule has 0 atom stereocenters. The van der Waals surface area contributed by atoms with Gasteiger partial charge in [0.1, 0.15) is 11.6 Å². The second kappa shape index (κ2) is 9.11. The zero-order valence-corrected chi connectivity index (χ0v) is 17.5. The summed E-state index contributed by atoms with van der Waals surface area (Å²) < 4.78 is 18.5. The van der Waals surface area contributed by atoms with Gasteiger partial charge in [-0.3, -0.25) is 9.69 Å². The lowest BCUT2D eigenvalue weighted by molar-refractivity contribution is -0.113. The second-order valence-electron chi connectivity index (χ2n) is 6.26. The van der Waals surface area contributed by atoms with Gasteiger partial charge in [-0.2, -0.15) is 0 Å². The molecule has 0 aliphatic rings. The highest BCUT2D eigenvalue weighted by molar-refractivity contribution is 7.98. The number of carbonyl (C=O) groups is 1. The third-order valence-corrected chi connectivity index (χ3v) is 6.13. The Morgan fingerprint density at radius 2 is 1.93 bits per heavy atom. The Balaban J connectivity index is 1.56. The molecule has 0 radical (unpaired) electrons. The van der Waals surface area contributed by atoms with Gasteiger partial charge in [-0.25, -0.2) is 9.37 Å². The monoisotopic (exact) mass is 436 g/mol. The molecule has 4 nitrogen and oxygen atoms in total. The van der Waals surface area contributed by atoms with Crippen molar-refractivity contribution in [3.63, 3.8) is 0 Å². The Bertz CT molecular complexity index is 1140. The molecule has 7 heteroatoms. The van der Waals surface area contributed by atoms with Gasteiger partial charge in [0.2, 0.25) is 0 Å². The zero-order chi connectivity index (χ0) is 20.9. The summed E-state index contributed by atoms with van der Waals surface area (Å²) in [6.45, 7) is 3.61. The number of nitrogens with zero attached hydrogens (tertiary/aromatic N) is 2. The first kappa shape index (κ1) is 20.1. The van der Waals surface area contributed by atoms with Crippen LogP contribution >= 0.6 is 23.1 Å². The lowest BCUT2D eigenvalue weighted by Crippen LogP contribution is -2.23. The van der Waals surface area contributed by atoms with Crippen LogP contribution in [0.15, 0.2) is 94.3 Å². The Morgan fingerprint density at radius 1 is 1.17 bits per heavy atom.